The lowest BCUT2D eigenvalue weighted by Gasteiger charge is -2.30. The molecule has 7 unspecified atom stereocenters. The number of phosphoric ester groups is 3. The minimum atomic E-state index is -5.58. The number of hydrogen-bond acceptors (Lipinski definition) is 18. The van der Waals surface area contributed by atoms with Crippen molar-refractivity contribution in [1.29, 1.82) is 0 Å². The summed E-state index contributed by atoms with van der Waals surface area (Å²) in [4.78, 5) is 88.2. The van der Waals surface area contributed by atoms with Crippen LogP contribution >= 0.6 is 35.2 Å². The third-order valence-corrected chi connectivity index (χ3v) is 13.3. The van der Waals surface area contributed by atoms with Gasteiger partial charge < -0.3 is 50.9 Å². The fourth-order valence-electron chi connectivity index (χ4n) is 5.84. The van der Waals surface area contributed by atoms with Crippen LogP contribution in [0.5, 0.6) is 0 Å². The smallest absolute Gasteiger partial charge is 0.386 e. The Kier molecular flexibility index (Phi) is 23.3. The van der Waals surface area contributed by atoms with Gasteiger partial charge in [-0.3, -0.25) is 32.5 Å². The normalized spacial score (nSPS) is 20.7. The molecule has 3 rings (SSSR count). The van der Waals surface area contributed by atoms with E-state index in [2.05, 4.69) is 77.8 Å². The summed E-state index contributed by atoms with van der Waals surface area (Å²) in [6.45, 7) is 2.67. The van der Waals surface area contributed by atoms with E-state index in [1.54, 1.807) is 0 Å². The van der Waals surface area contributed by atoms with Gasteiger partial charge in [0.25, 0.3) is 0 Å². The van der Waals surface area contributed by atoms with E-state index < -0.39 is 84.6 Å². The van der Waals surface area contributed by atoms with E-state index in [1.807, 2.05) is 0 Å². The lowest BCUT2D eigenvalue weighted by Crippen LogP contribution is -2.46. The standard InChI is InChI=1S/C37H60N7O17P3S/c1-4-5-6-7-8-9-10-11-12-13-14-15-16-17-28(46)65-21-20-39-27(45)18-19-40-35(49)32(48)37(2,3)23-58-64(55,56)61-63(53,54)57-22-26-31(60-62(50,51)52)30(47)36(59-26)44-25-43-29-33(38)41-24-42-34(29)44/h6-7,9-10,12-13,24-26,30-32,36,47-48H,4-5,8,11,14-23H2,1-3H3,(H,39,45)(H,40,49)(H,53,54)(H,55,56)(H2,38,41,42)(H2,50,51,52)/b7-6+,10-9+,13-12+. The monoisotopic (exact) mass is 999 g/mol. The number of amides is 2. The molecule has 0 radical (unpaired) electrons. The van der Waals surface area contributed by atoms with Gasteiger partial charge in [-0.2, -0.15) is 4.31 Å². The van der Waals surface area contributed by atoms with Crippen molar-refractivity contribution < 1.29 is 80.5 Å². The van der Waals surface area contributed by atoms with Gasteiger partial charge in [0.2, 0.25) is 11.8 Å². The van der Waals surface area contributed by atoms with Gasteiger partial charge in [0.1, 0.15) is 36.3 Å². The maximum atomic E-state index is 12.7. The number of nitrogens with one attached hydrogen (secondary N) is 2. The van der Waals surface area contributed by atoms with Crippen molar-refractivity contribution in [1.82, 2.24) is 30.2 Å². The Morgan fingerprint density at radius 2 is 1.60 bits per heavy atom. The first kappa shape index (κ1) is 56.1. The van der Waals surface area contributed by atoms with Gasteiger partial charge in [0, 0.05) is 37.1 Å². The van der Waals surface area contributed by atoms with E-state index in [0.717, 1.165) is 73.9 Å². The maximum absolute atomic E-state index is 12.7. The minimum absolute atomic E-state index is 0.0271. The zero-order valence-electron chi connectivity index (χ0n) is 36.2. The largest absolute Gasteiger partial charge is 0.481 e. The van der Waals surface area contributed by atoms with Crippen LogP contribution in [0, 0.1) is 5.41 Å². The quantitative estimate of drug-likeness (QED) is 0.0307. The molecule has 366 valence electrons. The highest BCUT2D eigenvalue weighted by atomic mass is 32.2. The molecule has 3 heterocycles. The van der Waals surface area contributed by atoms with Crippen LogP contribution in [-0.2, 0) is 50.7 Å². The highest BCUT2D eigenvalue weighted by Gasteiger charge is 2.50. The number of nitrogens with zero attached hydrogens (tertiary/aromatic N) is 4. The van der Waals surface area contributed by atoms with Gasteiger partial charge in [0.15, 0.2) is 22.8 Å². The van der Waals surface area contributed by atoms with E-state index in [4.69, 9.17) is 19.5 Å². The summed E-state index contributed by atoms with van der Waals surface area (Å²) in [5.74, 6) is -1.07. The van der Waals surface area contributed by atoms with E-state index >= 15 is 0 Å². The van der Waals surface area contributed by atoms with Gasteiger partial charge in [0.05, 0.1) is 19.5 Å². The van der Waals surface area contributed by atoms with Gasteiger partial charge >= 0.3 is 23.5 Å². The molecule has 7 atom stereocenters. The average molecular weight is 1000 g/mol. The maximum Gasteiger partial charge on any atom is 0.481 e. The Morgan fingerprint density at radius 3 is 2.28 bits per heavy atom. The Labute approximate surface area is 380 Å². The Balaban J connectivity index is 1.35. The third kappa shape index (κ3) is 20.3. The van der Waals surface area contributed by atoms with Crippen LogP contribution < -0.4 is 16.4 Å². The molecule has 2 amide bonds. The van der Waals surface area contributed by atoms with Crippen molar-refractivity contribution in [3.63, 3.8) is 0 Å². The summed E-state index contributed by atoms with van der Waals surface area (Å²) in [6, 6.07) is 0. The van der Waals surface area contributed by atoms with Crippen molar-refractivity contribution in [2.45, 2.75) is 109 Å². The first-order chi connectivity index (χ1) is 30.6. The second-order valence-corrected chi connectivity index (χ2v) is 20.6. The number of aliphatic hydroxyl groups is 2. The van der Waals surface area contributed by atoms with E-state index in [9.17, 15) is 57.9 Å². The van der Waals surface area contributed by atoms with Crippen LogP contribution in [0.25, 0.3) is 11.2 Å². The average Bonchev–Trinajstić information content (AvgIpc) is 3.79. The first-order valence-corrected chi connectivity index (χ1v) is 26.1. The first-order valence-electron chi connectivity index (χ1n) is 20.6. The number of imidazole rings is 1. The Bertz CT molecular complexity index is 2100. The number of fused-ring (bicyclic) bond motifs is 1. The highest BCUT2D eigenvalue weighted by Crippen LogP contribution is 2.61. The number of anilines is 1. The molecule has 1 fully saturated rings. The summed E-state index contributed by atoms with van der Waals surface area (Å²) >= 11 is 1.12. The molecule has 0 spiro atoms. The highest BCUT2D eigenvalue weighted by molar-refractivity contribution is 8.13. The molecule has 28 heteroatoms. The lowest BCUT2D eigenvalue weighted by atomic mass is 9.87. The van der Waals surface area contributed by atoms with Crippen LogP contribution in [0.2, 0.25) is 0 Å². The number of carbonyl (C=O) groups is 3. The van der Waals surface area contributed by atoms with Gasteiger partial charge in [-0.25, -0.2) is 28.6 Å². The van der Waals surface area contributed by atoms with Crippen molar-refractivity contribution in [2.75, 3.05) is 37.8 Å². The molecule has 24 nitrogen and oxygen atoms in total. The molecule has 2 aromatic heterocycles. The summed E-state index contributed by atoms with van der Waals surface area (Å²) in [6.07, 6.45) is 13.0. The number of nitrogen functional groups attached to an aromatic ring is 1. The summed E-state index contributed by atoms with van der Waals surface area (Å²) < 4.78 is 62.4. The van der Waals surface area contributed by atoms with E-state index in [1.165, 1.54) is 13.8 Å². The second kappa shape index (κ2) is 26.9. The number of allylic oxidation sites excluding steroid dienone is 6. The summed E-state index contributed by atoms with van der Waals surface area (Å²) in [5, 5.41) is 26.6. The molecule has 2 aromatic rings. The Morgan fingerprint density at radius 1 is 0.938 bits per heavy atom. The molecule has 65 heavy (non-hydrogen) atoms. The molecule has 1 saturated heterocycles. The molecular formula is C37H60N7O17P3S. The van der Waals surface area contributed by atoms with E-state index in [-0.39, 0.29) is 41.6 Å². The molecule has 0 aliphatic carbocycles. The van der Waals surface area contributed by atoms with Gasteiger partial charge in [-0.05, 0) is 38.5 Å². The lowest BCUT2D eigenvalue weighted by molar-refractivity contribution is -0.137. The number of ether oxygens (including phenoxy) is 1. The zero-order chi connectivity index (χ0) is 48.3. The van der Waals surface area contributed by atoms with Crippen LogP contribution in [0.1, 0.15) is 84.8 Å². The molecule has 1 aliphatic rings. The molecule has 0 aromatic carbocycles. The van der Waals surface area contributed by atoms with Crippen LogP contribution in [0.3, 0.4) is 0 Å². The number of nitrogens with two attached hydrogens (primary N) is 1. The number of thioether (sulfide) groups is 1. The van der Waals surface area contributed by atoms with Crippen LogP contribution in [0.15, 0.2) is 49.1 Å². The number of aliphatic hydroxyl groups excluding tert-OH is 2. The van der Waals surface area contributed by atoms with Gasteiger partial charge in [-0.1, -0.05) is 75.4 Å². The van der Waals surface area contributed by atoms with Crippen molar-refractivity contribution in [3.05, 3.63) is 49.1 Å². The van der Waals surface area contributed by atoms with Gasteiger partial charge in [-0.15, -0.1) is 0 Å². The molecule has 0 bridgehead atoms. The number of carbonyl (C=O) groups excluding carboxylic acids is 3. The predicted octanol–water partition coefficient (Wildman–Crippen LogP) is 3.47. The second-order valence-electron chi connectivity index (χ2n) is 15.2. The number of rotatable bonds is 30. The van der Waals surface area contributed by atoms with Crippen molar-refractivity contribution in [2.24, 2.45) is 5.41 Å². The number of hydrogen-bond donors (Lipinski definition) is 9. The molecule has 10 N–H and O–H groups in total. The van der Waals surface area contributed by atoms with Crippen molar-refractivity contribution >= 4 is 69.1 Å². The fourth-order valence-corrected chi connectivity index (χ4v) is 9.39. The molecular weight excluding hydrogens is 939 g/mol. The van der Waals surface area contributed by atoms with Crippen LogP contribution in [-0.4, -0.2) is 123 Å². The van der Waals surface area contributed by atoms with Crippen molar-refractivity contribution in [3.8, 4) is 0 Å². The molecule has 0 saturated carbocycles. The minimum Gasteiger partial charge on any atom is -0.386 e. The summed E-state index contributed by atoms with van der Waals surface area (Å²) in [5.41, 5.74) is 4.27. The SMILES string of the molecule is CCC/C=C/C/C=C/C/C=C/CCCCC(=O)SCCNC(=O)CCNC(=O)C(O)C(C)(C)COP(=O)(O)OP(=O)(O)OCC1OC(n2cnc3c(N)ncnc32)C(O)C1OP(=O)(O)O. The summed E-state index contributed by atoms with van der Waals surface area (Å²) in [7, 11) is -16.4. The molecule has 1 aliphatic heterocycles. The fraction of sp³-hybridized carbons (Fsp3) is 0.622. The third-order valence-electron chi connectivity index (χ3n) is 9.27. The van der Waals surface area contributed by atoms with E-state index in [0.29, 0.717) is 12.2 Å². The Hall–Kier alpha value is -3.22. The van der Waals surface area contributed by atoms with Crippen LogP contribution in [0.4, 0.5) is 5.82 Å². The zero-order valence-corrected chi connectivity index (χ0v) is 39.7. The topological polar surface area (TPSA) is 364 Å². The number of phosphoric acid groups is 3. The predicted molar refractivity (Wildman–Crippen MR) is 237 cm³/mol. The number of unbranched alkanes of at least 4 members (excludes halogenated alkanes) is 3. The number of aromatic nitrogens is 4.